The fraction of sp³-hybridized carbons (Fsp3) is 1.00. The van der Waals surface area contributed by atoms with Crippen LogP contribution < -0.4 is 0 Å². The molecule has 5 atom stereocenters. The molecule has 1 saturated heterocycles. The van der Waals surface area contributed by atoms with Gasteiger partial charge in [-0.05, 0) is 57.3 Å². The zero-order valence-electron chi connectivity index (χ0n) is 12.4. The van der Waals surface area contributed by atoms with Gasteiger partial charge >= 0.3 is 0 Å². The number of aliphatic hydroxyl groups excluding tert-OH is 2. The highest BCUT2D eigenvalue weighted by Gasteiger charge is 2.43. The number of aliphatic hydroxyl groups is 2. The Morgan fingerprint density at radius 1 is 0.900 bits per heavy atom. The summed E-state index contributed by atoms with van der Waals surface area (Å²) < 4.78 is 11.7. The first-order valence-electron chi connectivity index (χ1n) is 8.21. The lowest BCUT2D eigenvalue weighted by Crippen LogP contribution is -2.49. The summed E-state index contributed by atoms with van der Waals surface area (Å²) in [7, 11) is 1.80. The van der Waals surface area contributed by atoms with Crippen LogP contribution in [0.4, 0.5) is 0 Å². The summed E-state index contributed by atoms with van der Waals surface area (Å²) in [6.07, 6.45) is 8.03. The van der Waals surface area contributed by atoms with E-state index < -0.39 is 6.10 Å². The molecule has 0 radical (unpaired) electrons. The van der Waals surface area contributed by atoms with E-state index >= 15 is 0 Å². The van der Waals surface area contributed by atoms with Crippen LogP contribution in [0.25, 0.3) is 0 Å². The number of fused-ring (bicyclic) bond motifs is 1. The van der Waals surface area contributed by atoms with E-state index in [-0.39, 0.29) is 18.1 Å². The van der Waals surface area contributed by atoms with Crippen LogP contribution in [0.1, 0.15) is 51.4 Å². The molecule has 2 N–H and O–H groups in total. The minimum absolute atomic E-state index is 0.0626. The number of ether oxygens (including phenoxy) is 2. The Morgan fingerprint density at radius 3 is 2.35 bits per heavy atom. The lowest BCUT2D eigenvalue weighted by Gasteiger charge is -2.46. The monoisotopic (exact) mass is 284 g/mol. The number of rotatable bonds is 2. The molecule has 2 saturated carbocycles. The zero-order chi connectivity index (χ0) is 14.1. The van der Waals surface area contributed by atoms with Gasteiger partial charge in [0.15, 0.2) is 0 Å². The summed E-state index contributed by atoms with van der Waals surface area (Å²) in [6.45, 7) is 0. The molecule has 116 valence electrons. The first-order valence-corrected chi connectivity index (χ1v) is 8.21. The van der Waals surface area contributed by atoms with Crippen LogP contribution >= 0.6 is 0 Å². The van der Waals surface area contributed by atoms with Gasteiger partial charge in [0, 0.05) is 13.0 Å². The molecule has 0 bridgehead atoms. The minimum Gasteiger partial charge on any atom is -0.393 e. The van der Waals surface area contributed by atoms with E-state index in [1.54, 1.807) is 7.11 Å². The van der Waals surface area contributed by atoms with Gasteiger partial charge in [-0.1, -0.05) is 0 Å². The predicted molar refractivity (Wildman–Crippen MR) is 75.4 cm³/mol. The fourth-order valence-corrected chi connectivity index (χ4v) is 4.47. The van der Waals surface area contributed by atoms with Gasteiger partial charge in [0.05, 0.1) is 30.5 Å². The Kier molecular flexibility index (Phi) is 4.65. The SMILES string of the molecule is COC1CCC(C2CCC3C(O)CC(O)CC3O2)CC1. The van der Waals surface area contributed by atoms with Crippen molar-refractivity contribution in [3.63, 3.8) is 0 Å². The zero-order valence-corrected chi connectivity index (χ0v) is 12.4. The van der Waals surface area contributed by atoms with E-state index in [9.17, 15) is 10.2 Å². The molecule has 3 rings (SSSR count). The second-order valence-electron chi connectivity index (χ2n) is 6.92. The van der Waals surface area contributed by atoms with E-state index in [4.69, 9.17) is 9.47 Å². The van der Waals surface area contributed by atoms with Gasteiger partial charge in [0.25, 0.3) is 0 Å². The molecule has 3 fully saturated rings. The first-order chi connectivity index (χ1) is 9.67. The van der Waals surface area contributed by atoms with Crippen molar-refractivity contribution in [1.29, 1.82) is 0 Å². The molecule has 4 nitrogen and oxygen atoms in total. The maximum atomic E-state index is 10.1. The summed E-state index contributed by atoms with van der Waals surface area (Å²) in [4.78, 5) is 0. The molecule has 0 aromatic carbocycles. The van der Waals surface area contributed by atoms with Crippen molar-refractivity contribution in [3.8, 4) is 0 Å². The summed E-state index contributed by atoms with van der Waals surface area (Å²) in [5.74, 6) is 0.878. The highest BCUT2D eigenvalue weighted by molar-refractivity contribution is 4.92. The van der Waals surface area contributed by atoms with Crippen molar-refractivity contribution in [2.24, 2.45) is 11.8 Å². The molecule has 0 spiro atoms. The van der Waals surface area contributed by atoms with Crippen molar-refractivity contribution >= 4 is 0 Å². The summed E-state index contributed by atoms with van der Waals surface area (Å²) in [5, 5.41) is 19.9. The smallest absolute Gasteiger partial charge is 0.0656 e. The second kappa shape index (κ2) is 6.30. The highest BCUT2D eigenvalue weighted by Crippen LogP contribution is 2.41. The lowest BCUT2D eigenvalue weighted by atomic mass is 9.74. The average Bonchev–Trinajstić information content (AvgIpc) is 2.46. The molecule has 1 heterocycles. The van der Waals surface area contributed by atoms with E-state index in [2.05, 4.69) is 0 Å². The Balaban J connectivity index is 1.55. The standard InChI is InChI=1S/C16H28O4/c1-19-12-4-2-10(3-5-12)15-7-6-13-14(18)8-11(17)9-16(13)20-15/h10-18H,2-9H2,1H3. The van der Waals surface area contributed by atoms with Crippen LogP contribution in [-0.2, 0) is 9.47 Å². The fourth-order valence-electron chi connectivity index (χ4n) is 4.47. The van der Waals surface area contributed by atoms with E-state index in [0.29, 0.717) is 31.0 Å². The molecule has 0 aromatic heterocycles. The van der Waals surface area contributed by atoms with Crippen LogP contribution in [-0.4, -0.2) is 47.8 Å². The molecular formula is C16H28O4. The highest BCUT2D eigenvalue weighted by atomic mass is 16.5. The van der Waals surface area contributed by atoms with Gasteiger partial charge in [-0.25, -0.2) is 0 Å². The van der Waals surface area contributed by atoms with Gasteiger partial charge in [-0.3, -0.25) is 0 Å². The van der Waals surface area contributed by atoms with Gasteiger partial charge < -0.3 is 19.7 Å². The predicted octanol–water partition coefficient (Wildman–Crippen LogP) is 1.87. The third-order valence-corrected chi connectivity index (χ3v) is 5.70. The van der Waals surface area contributed by atoms with Crippen LogP contribution in [0.5, 0.6) is 0 Å². The molecule has 20 heavy (non-hydrogen) atoms. The Morgan fingerprint density at radius 2 is 1.65 bits per heavy atom. The van der Waals surface area contributed by atoms with Crippen LogP contribution in [0.15, 0.2) is 0 Å². The number of methoxy groups -OCH3 is 1. The van der Waals surface area contributed by atoms with E-state index in [1.807, 2.05) is 0 Å². The average molecular weight is 284 g/mol. The second-order valence-corrected chi connectivity index (χ2v) is 6.92. The van der Waals surface area contributed by atoms with Crippen molar-refractivity contribution in [3.05, 3.63) is 0 Å². The summed E-state index contributed by atoms with van der Waals surface area (Å²) in [5.41, 5.74) is 0. The topological polar surface area (TPSA) is 58.9 Å². The molecule has 3 aliphatic rings. The first kappa shape index (κ1) is 14.8. The maximum absolute atomic E-state index is 10.1. The van der Waals surface area contributed by atoms with Gasteiger partial charge in [-0.15, -0.1) is 0 Å². The number of hydrogen-bond acceptors (Lipinski definition) is 4. The minimum atomic E-state index is -0.394. The van der Waals surface area contributed by atoms with Gasteiger partial charge in [-0.2, -0.15) is 0 Å². The Labute approximate surface area is 121 Å². The van der Waals surface area contributed by atoms with E-state index in [1.165, 1.54) is 12.8 Å². The molecular weight excluding hydrogens is 256 g/mol. The van der Waals surface area contributed by atoms with Crippen LogP contribution in [0.3, 0.4) is 0 Å². The largest absolute Gasteiger partial charge is 0.393 e. The Hall–Kier alpha value is -0.160. The molecule has 5 unspecified atom stereocenters. The normalized spacial score (nSPS) is 49.6. The molecule has 0 amide bonds. The van der Waals surface area contributed by atoms with E-state index in [0.717, 1.165) is 25.7 Å². The maximum Gasteiger partial charge on any atom is 0.0656 e. The van der Waals surface area contributed by atoms with Gasteiger partial charge in [0.1, 0.15) is 0 Å². The molecule has 4 heteroatoms. The van der Waals surface area contributed by atoms with Crippen LogP contribution in [0, 0.1) is 11.8 Å². The van der Waals surface area contributed by atoms with Crippen LogP contribution in [0.2, 0.25) is 0 Å². The summed E-state index contributed by atoms with van der Waals surface area (Å²) in [6, 6.07) is 0. The third kappa shape index (κ3) is 3.03. The van der Waals surface area contributed by atoms with Crippen molar-refractivity contribution in [1.82, 2.24) is 0 Å². The molecule has 2 aliphatic carbocycles. The molecule has 1 aliphatic heterocycles. The quantitative estimate of drug-likeness (QED) is 0.813. The lowest BCUT2D eigenvalue weighted by molar-refractivity contribution is -0.173. The Bertz CT molecular complexity index is 314. The number of hydrogen-bond donors (Lipinski definition) is 2. The summed E-state index contributed by atoms with van der Waals surface area (Å²) >= 11 is 0. The van der Waals surface area contributed by atoms with Crippen molar-refractivity contribution < 1.29 is 19.7 Å². The van der Waals surface area contributed by atoms with Gasteiger partial charge in [0.2, 0.25) is 0 Å². The van der Waals surface area contributed by atoms with Crippen molar-refractivity contribution in [2.75, 3.05) is 7.11 Å². The third-order valence-electron chi connectivity index (χ3n) is 5.70. The molecule has 0 aromatic rings. The van der Waals surface area contributed by atoms with Crippen molar-refractivity contribution in [2.45, 2.75) is 81.9 Å².